The third-order valence-electron chi connectivity index (χ3n) is 3.89. The summed E-state index contributed by atoms with van der Waals surface area (Å²) in [5, 5.41) is 9.94. The third kappa shape index (κ3) is 3.30. The molecule has 0 radical (unpaired) electrons. The first-order chi connectivity index (χ1) is 11.7. The van der Waals surface area contributed by atoms with Crippen LogP contribution in [0.4, 0.5) is 0 Å². The summed E-state index contributed by atoms with van der Waals surface area (Å²) < 4.78 is 5.24. The highest BCUT2D eigenvalue weighted by molar-refractivity contribution is 6.00. The lowest BCUT2D eigenvalue weighted by Crippen LogP contribution is -2.26. The Morgan fingerprint density at radius 1 is 1.17 bits per heavy atom. The van der Waals surface area contributed by atoms with Crippen molar-refractivity contribution < 1.29 is 9.53 Å². The molecule has 5 heteroatoms. The number of nitrogens with one attached hydrogen (secondary N) is 2. The normalized spacial score (nSPS) is 11.8. The van der Waals surface area contributed by atoms with Crippen molar-refractivity contribution in [1.82, 2.24) is 15.5 Å². The quantitative estimate of drug-likeness (QED) is 0.755. The van der Waals surface area contributed by atoms with Gasteiger partial charge in [0.1, 0.15) is 5.75 Å². The molecule has 1 aromatic heterocycles. The second kappa shape index (κ2) is 7.00. The molecule has 2 aromatic carbocycles. The SMILES string of the molecule is COc1cccc(-c2[nH]ncc2C(=O)NC(C)c2ccccc2)c1. The number of ether oxygens (including phenoxy) is 1. The Morgan fingerprint density at radius 2 is 1.96 bits per heavy atom. The second-order valence-electron chi connectivity index (χ2n) is 5.50. The molecule has 1 atom stereocenters. The van der Waals surface area contributed by atoms with Crippen molar-refractivity contribution in [1.29, 1.82) is 0 Å². The number of carbonyl (C=O) groups excluding carboxylic acids is 1. The van der Waals surface area contributed by atoms with Gasteiger partial charge >= 0.3 is 0 Å². The van der Waals surface area contributed by atoms with Gasteiger partial charge < -0.3 is 10.1 Å². The number of rotatable bonds is 5. The Balaban J connectivity index is 1.83. The number of hydrogen-bond donors (Lipinski definition) is 2. The van der Waals surface area contributed by atoms with Gasteiger partial charge in [0.05, 0.1) is 30.6 Å². The molecule has 1 heterocycles. The number of H-pyrrole nitrogens is 1. The standard InChI is InChI=1S/C19H19N3O2/c1-13(14-7-4-3-5-8-14)21-19(23)17-12-20-22-18(17)15-9-6-10-16(11-15)24-2/h3-13H,1-2H3,(H,20,22)(H,21,23). The molecule has 0 aliphatic carbocycles. The van der Waals surface area contributed by atoms with E-state index in [0.717, 1.165) is 16.9 Å². The maximum atomic E-state index is 12.6. The van der Waals surface area contributed by atoms with Gasteiger partial charge in [-0.05, 0) is 24.6 Å². The van der Waals surface area contributed by atoms with Crippen LogP contribution in [0.3, 0.4) is 0 Å². The fourth-order valence-corrected chi connectivity index (χ4v) is 2.56. The largest absolute Gasteiger partial charge is 0.497 e. The summed E-state index contributed by atoms with van der Waals surface area (Å²) in [6.07, 6.45) is 1.54. The molecule has 1 unspecified atom stereocenters. The van der Waals surface area contributed by atoms with E-state index in [0.29, 0.717) is 11.3 Å². The molecule has 0 bridgehead atoms. The van der Waals surface area contributed by atoms with Crippen LogP contribution in [0.2, 0.25) is 0 Å². The van der Waals surface area contributed by atoms with Gasteiger partial charge in [-0.25, -0.2) is 0 Å². The van der Waals surface area contributed by atoms with Crippen LogP contribution in [0.1, 0.15) is 28.9 Å². The Bertz CT molecular complexity index is 827. The molecule has 0 spiro atoms. The monoisotopic (exact) mass is 321 g/mol. The summed E-state index contributed by atoms with van der Waals surface area (Å²) in [5.41, 5.74) is 3.08. The van der Waals surface area contributed by atoms with Crippen molar-refractivity contribution in [3.63, 3.8) is 0 Å². The van der Waals surface area contributed by atoms with Crippen LogP contribution in [0.5, 0.6) is 5.75 Å². The highest BCUT2D eigenvalue weighted by Crippen LogP contribution is 2.25. The number of methoxy groups -OCH3 is 1. The van der Waals surface area contributed by atoms with E-state index in [1.54, 1.807) is 13.3 Å². The number of aromatic nitrogens is 2. The summed E-state index contributed by atoms with van der Waals surface area (Å²) >= 11 is 0. The van der Waals surface area contributed by atoms with Gasteiger partial charge in [0.25, 0.3) is 5.91 Å². The molecule has 122 valence electrons. The van der Waals surface area contributed by atoms with Crippen molar-refractivity contribution >= 4 is 5.91 Å². The van der Waals surface area contributed by atoms with Gasteiger partial charge in [-0.1, -0.05) is 42.5 Å². The summed E-state index contributed by atoms with van der Waals surface area (Å²) in [6, 6.07) is 17.3. The first-order valence-corrected chi connectivity index (χ1v) is 7.72. The van der Waals surface area contributed by atoms with Gasteiger partial charge in [0.15, 0.2) is 0 Å². The van der Waals surface area contributed by atoms with Crippen molar-refractivity contribution in [2.75, 3.05) is 7.11 Å². The van der Waals surface area contributed by atoms with Crippen LogP contribution < -0.4 is 10.1 Å². The van der Waals surface area contributed by atoms with E-state index >= 15 is 0 Å². The van der Waals surface area contributed by atoms with Crippen molar-refractivity contribution in [3.05, 3.63) is 71.9 Å². The zero-order valence-electron chi connectivity index (χ0n) is 13.6. The maximum Gasteiger partial charge on any atom is 0.255 e. The molecule has 3 rings (SSSR count). The predicted molar refractivity (Wildman–Crippen MR) is 92.9 cm³/mol. The van der Waals surface area contributed by atoms with E-state index in [1.807, 2.05) is 61.5 Å². The van der Waals surface area contributed by atoms with Gasteiger partial charge in [-0.3, -0.25) is 9.89 Å². The Labute approximate surface area is 140 Å². The lowest BCUT2D eigenvalue weighted by Gasteiger charge is -2.14. The van der Waals surface area contributed by atoms with E-state index < -0.39 is 0 Å². The number of benzene rings is 2. The van der Waals surface area contributed by atoms with Crippen LogP contribution in [0.25, 0.3) is 11.3 Å². The molecule has 0 aliphatic rings. The number of amides is 1. The molecule has 1 amide bonds. The average molecular weight is 321 g/mol. The van der Waals surface area contributed by atoms with Crippen LogP contribution in [0, 0.1) is 0 Å². The van der Waals surface area contributed by atoms with Crippen molar-refractivity contribution in [2.24, 2.45) is 0 Å². The molecule has 3 aromatic rings. The molecule has 24 heavy (non-hydrogen) atoms. The van der Waals surface area contributed by atoms with Crippen molar-refractivity contribution in [3.8, 4) is 17.0 Å². The number of hydrogen-bond acceptors (Lipinski definition) is 3. The first-order valence-electron chi connectivity index (χ1n) is 7.72. The fraction of sp³-hybridized carbons (Fsp3) is 0.158. The highest BCUT2D eigenvalue weighted by Gasteiger charge is 2.18. The van der Waals surface area contributed by atoms with Gasteiger partial charge in [0, 0.05) is 5.56 Å². The zero-order valence-corrected chi connectivity index (χ0v) is 13.6. The lowest BCUT2D eigenvalue weighted by atomic mass is 10.1. The molecule has 2 N–H and O–H groups in total. The minimum Gasteiger partial charge on any atom is -0.497 e. The number of aromatic amines is 1. The molecule has 0 aliphatic heterocycles. The topological polar surface area (TPSA) is 67.0 Å². The van der Waals surface area contributed by atoms with Crippen LogP contribution in [-0.4, -0.2) is 23.2 Å². The number of nitrogens with zero attached hydrogens (tertiary/aromatic N) is 1. The number of carbonyl (C=O) groups is 1. The zero-order chi connectivity index (χ0) is 16.9. The van der Waals surface area contributed by atoms with E-state index in [-0.39, 0.29) is 11.9 Å². The molecular formula is C19H19N3O2. The van der Waals surface area contributed by atoms with E-state index in [1.165, 1.54) is 0 Å². The van der Waals surface area contributed by atoms with E-state index in [9.17, 15) is 4.79 Å². The maximum absolute atomic E-state index is 12.6. The molecular weight excluding hydrogens is 302 g/mol. The molecule has 0 saturated carbocycles. The minimum atomic E-state index is -0.169. The second-order valence-corrected chi connectivity index (χ2v) is 5.50. The minimum absolute atomic E-state index is 0.0910. The summed E-state index contributed by atoms with van der Waals surface area (Å²) in [4.78, 5) is 12.6. The van der Waals surface area contributed by atoms with Crippen LogP contribution in [0.15, 0.2) is 60.8 Å². The highest BCUT2D eigenvalue weighted by atomic mass is 16.5. The molecule has 5 nitrogen and oxygen atoms in total. The fourth-order valence-electron chi connectivity index (χ4n) is 2.56. The summed E-state index contributed by atoms with van der Waals surface area (Å²) in [6.45, 7) is 1.96. The third-order valence-corrected chi connectivity index (χ3v) is 3.89. The molecule has 0 fully saturated rings. The average Bonchev–Trinajstić information content (AvgIpc) is 3.12. The van der Waals surface area contributed by atoms with E-state index in [4.69, 9.17) is 4.74 Å². The van der Waals surface area contributed by atoms with Gasteiger partial charge in [-0.15, -0.1) is 0 Å². The van der Waals surface area contributed by atoms with E-state index in [2.05, 4.69) is 15.5 Å². The van der Waals surface area contributed by atoms with Gasteiger partial charge in [0.2, 0.25) is 0 Å². The summed E-state index contributed by atoms with van der Waals surface area (Å²) in [7, 11) is 1.61. The van der Waals surface area contributed by atoms with Crippen molar-refractivity contribution in [2.45, 2.75) is 13.0 Å². The summed E-state index contributed by atoms with van der Waals surface area (Å²) in [5.74, 6) is 0.559. The molecule has 0 saturated heterocycles. The Kier molecular flexibility index (Phi) is 4.61. The first kappa shape index (κ1) is 15.8. The lowest BCUT2D eigenvalue weighted by molar-refractivity contribution is 0.0940. The van der Waals surface area contributed by atoms with Gasteiger partial charge in [-0.2, -0.15) is 5.10 Å². The Hall–Kier alpha value is -3.08. The smallest absolute Gasteiger partial charge is 0.255 e. The van der Waals surface area contributed by atoms with Crippen LogP contribution >= 0.6 is 0 Å². The Morgan fingerprint density at radius 3 is 2.71 bits per heavy atom. The van der Waals surface area contributed by atoms with Crippen LogP contribution in [-0.2, 0) is 0 Å². The predicted octanol–water partition coefficient (Wildman–Crippen LogP) is 3.58.